The number of nitrogens with two attached hydrogens (primary N) is 1. The van der Waals surface area contributed by atoms with Gasteiger partial charge in [0.15, 0.2) is 0 Å². The predicted molar refractivity (Wildman–Crippen MR) is 60.7 cm³/mol. The van der Waals surface area contributed by atoms with Crippen molar-refractivity contribution in [3.8, 4) is 0 Å². The van der Waals surface area contributed by atoms with Crippen molar-refractivity contribution in [1.29, 1.82) is 0 Å². The molecule has 0 amide bonds. The summed E-state index contributed by atoms with van der Waals surface area (Å²) in [6, 6.07) is 3.34. The molecule has 0 aliphatic carbocycles. The van der Waals surface area contributed by atoms with Crippen molar-refractivity contribution in [2.24, 2.45) is 0 Å². The Morgan fingerprint density at radius 3 is 2.71 bits per heavy atom. The van der Waals surface area contributed by atoms with Crippen LogP contribution in [-0.2, 0) is 0 Å². The van der Waals surface area contributed by atoms with Crippen molar-refractivity contribution in [1.82, 2.24) is 4.98 Å². The number of halogens is 1. The van der Waals surface area contributed by atoms with E-state index < -0.39 is 0 Å². The molecule has 0 unspecified atom stereocenters. The molecule has 0 spiro atoms. The van der Waals surface area contributed by atoms with Gasteiger partial charge in [-0.05, 0) is 26.0 Å². The monoisotopic (exact) mass is 232 g/mol. The lowest BCUT2D eigenvalue weighted by molar-refractivity contribution is 0.265. The van der Waals surface area contributed by atoms with E-state index in [9.17, 15) is 0 Å². The number of anilines is 1. The van der Waals surface area contributed by atoms with E-state index in [4.69, 9.17) is 22.4 Å². The van der Waals surface area contributed by atoms with Crippen molar-refractivity contribution in [2.75, 3.05) is 12.3 Å². The van der Waals surface area contributed by atoms with Gasteiger partial charge in [0.1, 0.15) is 10.2 Å². The highest BCUT2D eigenvalue weighted by molar-refractivity contribution is 8.00. The predicted octanol–water partition coefficient (Wildman–Crippen LogP) is 2.18. The minimum atomic E-state index is -0.274. The number of thioether (sulfide) groups is 1. The van der Waals surface area contributed by atoms with Crippen LogP contribution in [0.2, 0.25) is 5.15 Å². The summed E-state index contributed by atoms with van der Waals surface area (Å²) in [5, 5.41) is 10.2. The maximum absolute atomic E-state index is 9.08. The Hall–Kier alpha value is -0.450. The fraction of sp³-hybridized carbons (Fsp3) is 0.444. The average molecular weight is 233 g/mol. The zero-order valence-corrected chi connectivity index (χ0v) is 9.69. The second kappa shape index (κ2) is 4.38. The SMILES string of the molecule is CC(C)(CO)Sc1cc(N)cc(Cl)n1. The summed E-state index contributed by atoms with van der Waals surface area (Å²) in [7, 11) is 0. The number of aliphatic hydroxyl groups is 1. The number of aliphatic hydroxyl groups excluding tert-OH is 1. The number of pyridine rings is 1. The molecule has 0 atom stereocenters. The van der Waals surface area contributed by atoms with Gasteiger partial charge in [0, 0.05) is 10.4 Å². The summed E-state index contributed by atoms with van der Waals surface area (Å²) in [6.45, 7) is 3.93. The maximum atomic E-state index is 9.08. The van der Waals surface area contributed by atoms with E-state index in [1.54, 1.807) is 12.1 Å². The molecule has 1 aromatic rings. The minimum absolute atomic E-state index is 0.0752. The average Bonchev–Trinajstić information content (AvgIpc) is 2.01. The third-order valence-electron chi connectivity index (χ3n) is 1.55. The zero-order chi connectivity index (χ0) is 10.8. The van der Waals surface area contributed by atoms with Gasteiger partial charge in [0.2, 0.25) is 0 Å². The standard InChI is InChI=1S/C9H13ClN2OS/c1-9(2,5-13)14-8-4-6(11)3-7(10)12-8/h3-4,13H,5H2,1-2H3,(H2,11,12). The minimum Gasteiger partial charge on any atom is -0.399 e. The van der Waals surface area contributed by atoms with Gasteiger partial charge in [-0.15, -0.1) is 0 Å². The van der Waals surface area contributed by atoms with E-state index in [1.165, 1.54) is 11.8 Å². The van der Waals surface area contributed by atoms with Gasteiger partial charge in [-0.1, -0.05) is 23.4 Å². The summed E-state index contributed by atoms with van der Waals surface area (Å²) < 4.78 is -0.274. The van der Waals surface area contributed by atoms with Gasteiger partial charge < -0.3 is 10.8 Å². The lowest BCUT2D eigenvalue weighted by atomic mass is 10.2. The third kappa shape index (κ3) is 3.36. The first-order chi connectivity index (χ1) is 6.43. The molecule has 0 saturated heterocycles. The van der Waals surface area contributed by atoms with Crippen molar-refractivity contribution in [3.05, 3.63) is 17.3 Å². The van der Waals surface area contributed by atoms with Crippen LogP contribution in [0, 0.1) is 0 Å². The Morgan fingerprint density at radius 2 is 2.21 bits per heavy atom. The van der Waals surface area contributed by atoms with Crippen LogP contribution in [0.15, 0.2) is 17.2 Å². The van der Waals surface area contributed by atoms with Crippen LogP contribution in [0.3, 0.4) is 0 Å². The maximum Gasteiger partial charge on any atom is 0.132 e. The number of hydrogen-bond donors (Lipinski definition) is 2. The third-order valence-corrected chi connectivity index (χ3v) is 2.85. The lowest BCUT2D eigenvalue weighted by Gasteiger charge is -2.20. The highest BCUT2D eigenvalue weighted by Gasteiger charge is 2.19. The molecule has 5 heteroatoms. The van der Waals surface area contributed by atoms with E-state index in [0.29, 0.717) is 10.8 Å². The van der Waals surface area contributed by atoms with Gasteiger partial charge in [-0.2, -0.15) is 0 Å². The van der Waals surface area contributed by atoms with Crippen molar-refractivity contribution in [3.63, 3.8) is 0 Å². The molecule has 1 rings (SSSR count). The second-order valence-electron chi connectivity index (χ2n) is 3.58. The molecule has 3 nitrogen and oxygen atoms in total. The molecule has 0 aromatic carbocycles. The molecule has 0 aliphatic heterocycles. The highest BCUT2D eigenvalue weighted by Crippen LogP contribution is 2.32. The Bertz CT molecular complexity index is 310. The summed E-state index contributed by atoms with van der Waals surface area (Å²) in [4.78, 5) is 4.10. The molecule has 0 bridgehead atoms. The van der Waals surface area contributed by atoms with E-state index in [1.807, 2.05) is 13.8 Å². The van der Waals surface area contributed by atoms with E-state index >= 15 is 0 Å². The van der Waals surface area contributed by atoms with Crippen LogP contribution in [0.25, 0.3) is 0 Å². The molecule has 0 fully saturated rings. The van der Waals surface area contributed by atoms with Crippen LogP contribution in [-0.4, -0.2) is 21.4 Å². The molecular formula is C9H13ClN2OS. The van der Waals surface area contributed by atoms with Crippen molar-refractivity contribution in [2.45, 2.75) is 23.6 Å². The zero-order valence-electron chi connectivity index (χ0n) is 8.12. The van der Waals surface area contributed by atoms with Crippen molar-refractivity contribution >= 4 is 29.1 Å². The normalized spacial score (nSPS) is 11.7. The van der Waals surface area contributed by atoms with Crippen LogP contribution in [0.5, 0.6) is 0 Å². The quantitative estimate of drug-likeness (QED) is 0.620. The van der Waals surface area contributed by atoms with Crippen LogP contribution < -0.4 is 5.73 Å². The summed E-state index contributed by atoms with van der Waals surface area (Å²) in [5.41, 5.74) is 6.20. The van der Waals surface area contributed by atoms with Crippen LogP contribution in [0.1, 0.15) is 13.8 Å². The summed E-state index contributed by atoms with van der Waals surface area (Å²) >= 11 is 7.20. The topological polar surface area (TPSA) is 59.1 Å². The first-order valence-electron chi connectivity index (χ1n) is 4.16. The molecule has 3 N–H and O–H groups in total. The number of nitrogen functional groups attached to an aromatic ring is 1. The highest BCUT2D eigenvalue weighted by atomic mass is 35.5. The molecule has 0 radical (unpaired) electrons. The lowest BCUT2D eigenvalue weighted by Crippen LogP contribution is -2.19. The fourth-order valence-electron chi connectivity index (χ4n) is 0.859. The van der Waals surface area contributed by atoms with E-state index in [0.717, 1.165) is 5.03 Å². The molecule has 14 heavy (non-hydrogen) atoms. The fourth-order valence-corrected chi connectivity index (χ4v) is 2.10. The van der Waals surface area contributed by atoms with Crippen LogP contribution >= 0.6 is 23.4 Å². The molecular weight excluding hydrogens is 220 g/mol. The second-order valence-corrected chi connectivity index (χ2v) is 5.70. The van der Waals surface area contributed by atoms with Gasteiger partial charge >= 0.3 is 0 Å². The first kappa shape index (κ1) is 11.6. The Labute approximate surface area is 92.7 Å². The smallest absolute Gasteiger partial charge is 0.132 e. The number of aromatic nitrogens is 1. The molecule has 78 valence electrons. The number of hydrogen-bond acceptors (Lipinski definition) is 4. The summed E-state index contributed by atoms with van der Waals surface area (Å²) in [5.74, 6) is 0. The summed E-state index contributed by atoms with van der Waals surface area (Å²) in [6.07, 6.45) is 0. The first-order valence-corrected chi connectivity index (χ1v) is 5.35. The number of rotatable bonds is 3. The largest absolute Gasteiger partial charge is 0.399 e. The number of nitrogens with zero attached hydrogens (tertiary/aromatic N) is 1. The van der Waals surface area contributed by atoms with Gasteiger partial charge in [-0.25, -0.2) is 4.98 Å². The van der Waals surface area contributed by atoms with Crippen LogP contribution in [0.4, 0.5) is 5.69 Å². The van der Waals surface area contributed by atoms with Gasteiger partial charge in [0.05, 0.1) is 6.61 Å². The molecule has 1 heterocycles. The Morgan fingerprint density at radius 1 is 1.57 bits per heavy atom. The Kier molecular flexibility index (Phi) is 3.64. The van der Waals surface area contributed by atoms with Crippen molar-refractivity contribution < 1.29 is 5.11 Å². The van der Waals surface area contributed by atoms with Gasteiger partial charge in [0.25, 0.3) is 0 Å². The van der Waals surface area contributed by atoms with E-state index in [2.05, 4.69) is 4.98 Å². The van der Waals surface area contributed by atoms with Gasteiger partial charge in [-0.3, -0.25) is 0 Å². The Balaban J connectivity index is 2.87. The molecule has 0 aliphatic rings. The van der Waals surface area contributed by atoms with E-state index in [-0.39, 0.29) is 11.4 Å². The molecule has 1 aromatic heterocycles. The molecule has 0 saturated carbocycles.